The number of likely N-dealkylation sites (N-methyl/N-ethyl adjacent to an activating group) is 1. The smallest absolute Gasteiger partial charge is 0.213 e. The van der Waals surface area contributed by atoms with Crippen molar-refractivity contribution in [2.75, 3.05) is 20.2 Å². The van der Waals surface area contributed by atoms with Gasteiger partial charge in [0.05, 0.1) is 0 Å². The van der Waals surface area contributed by atoms with E-state index in [2.05, 4.69) is 49.1 Å². The summed E-state index contributed by atoms with van der Waals surface area (Å²) in [7, 11) is 2.17. The van der Waals surface area contributed by atoms with E-state index in [1.165, 1.54) is 18.4 Å². The Morgan fingerprint density at radius 3 is 2.62 bits per heavy atom. The number of pyridine rings is 1. The van der Waals surface area contributed by atoms with Crippen LogP contribution in [0.2, 0.25) is 0 Å². The van der Waals surface area contributed by atoms with Gasteiger partial charge in [-0.1, -0.05) is 6.07 Å². The van der Waals surface area contributed by atoms with Crippen molar-refractivity contribution in [1.82, 2.24) is 15.2 Å². The summed E-state index contributed by atoms with van der Waals surface area (Å²) >= 11 is 0. The van der Waals surface area contributed by atoms with Crippen LogP contribution in [0.5, 0.6) is 5.88 Å². The zero-order chi connectivity index (χ0) is 15.5. The van der Waals surface area contributed by atoms with Crippen LogP contribution < -0.4 is 10.1 Å². The fourth-order valence-corrected chi connectivity index (χ4v) is 2.19. The summed E-state index contributed by atoms with van der Waals surface area (Å²) in [5.41, 5.74) is 2.39. The third-order valence-electron chi connectivity index (χ3n) is 3.84. The fourth-order valence-electron chi connectivity index (χ4n) is 2.19. The highest BCUT2D eigenvalue weighted by Crippen LogP contribution is 2.24. The molecule has 1 aliphatic carbocycles. The highest BCUT2D eigenvalue weighted by atomic mass is 16.5. The summed E-state index contributed by atoms with van der Waals surface area (Å²) in [6, 6.07) is 4.87. The normalized spacial score (nSPS) is 15.5. The average molecular weight is 291 g/mol. The summed E-state index contributed by atoms with van der Waals surface area (Å²) in [4.78, 5) is 6.92. The lowest BCUT2D eigenvalue weighted by Crippen LogP contribution is -2.35. The summed E-state index contributed by atoms with van der Waals surface area (Å²) < 4.78 is 5.76. The van der Waals surface area contributed by atoms with Gasteiger partial charge in [-0.3, -0.25) is 0 Å². The molecule has 0 aliphatic heterocycles. The second kappa shape index (κ2) is 6.75. The first kappa shape index (κ1) is 16.2. The molecule has 118 valence electrons. The van der Waals surface area contributed by atoms with Gasteiger partial charge in [-0.05, 0) is 53.1 Å². The number of ether oxygens (including phenoxy) is 1. The number of nitrogens with zero attached hydrogens (tertiary/aromatic N) is 2. The van der Waals surface area contributed by atoms with Gasteiger partial charge in [-0.25, -0.2) is 4.98 Å². The molecule has 0 radical (unpaired) electrons. The van der Waals surface area contributed by atoms with Crippen molar-refractivity contribution < 1.29 is 4.74 Å². The van der Waals surface area contributed by atoms with E-state index < -0.39 is 0 Å². The van der Waals surface area contributed by atoms with Crippen LogP contribution in [0.4, 0.5) is 0 Å². The minimum atomic E-state index is 0.120. The number of hydrogen-bond acceptors (Lipinski definition) is 4. The van der Waals surface area contributed by atoms with Crippen molar-refractivity contribution >= 4 is 0 Å². The first-order valence-electron chi connectivity index (χ1n) is 7.90. The zero-order valence-corrected chi connectivity index (χ0v) is 14.1. The van der Waals surface area contributed by atoms with Gasteiger partial charge < -0.3 is 15.0 Å². The van der Waals surface area contributed by atoms with Gasteiger partial charge in [0.1, 0.15) is 6.61 Å². The monoisotopic (exact) mass is 291 g/mol. The van der Waals surface area contributed by atoms with E-state index in [0.29, 0.717) is 6.61 Å². The van der Waals surface area contributed by atoms with E-state index in [1.54, 1.807) is 0 Å². The molecule has 0 saturated heterocycles. The van der Waals surface area contributed by atoms with Crippen LogP contribution in [0, 0.1) is 6.92 Å². The maximum absolute atomic E-state index is 5.76. The molecule has 0 spiro atoms. The van der Waals surface area contributed by atoms with Crippen molar-refractivity contribution in [1.29, 1.82) is 0 Å². The molecule has 1 aromatic rings. The van der Waals surface area contributed by atoms with Crippen molar-refractivity contribution in [3.8, 4) is 5.88 Å². The van der Waals surface area contributed by atoms with Gasteiger partial charge >= 0.3 is 0 Å². The first-order valence-corrected chi connectivity index (χ1v) is 7.90. The minimum Gasteiger partial charge on any atom is -0.476 e. The van der Waals surface area contributed by atoms with Crippen LogP contribution in [0.3, 0.4) is 0 Å². The van der Waals surface area contributed by atoms with Crippen LogP contribution in [-0.4, -0.2) is 41.7 Å². The van der Waals surface area contributed by atoms with E-state index in [0.717, 1.165) is 30.7 Å². The molecular formula is C17H29N3O. The Labute approximate surface area is 128 Å². The van der Waals surface area contributed by atoms with Crippen molar-refractivity contribution in [3.05, 3.63) is 23.4 Å². The van der Waals surface area contributed by atoms with E-state index in [9.17, 15) is 0 Å². The SMILES string of the molecule is Cc1nc(OCCN(C)C2CC2)ccc1CNC(C)(C)C. The quantitative estimate of drug-likeness (QED) is 0.838. The molecule has 1 N–H and O–H groups in total. The molecule has 21 heavy (non-hydrogen) atoms. The Hall–Kier alpha value is -1.13. The molecule has 0 aromatic carbocycles. The van der Waals surface area contributed by atoms with Crippen molar-refractivity contribution in [2.24, 2.45) is 0 Å². The molecule has 0 amide bonds. The number of aryl methyl sites for hydroxylation is 1. The molecule has 0 unspecified atom stereocenters. The van der Waals surface area contributed by atoms with Crippen molar-refractivity contribution in [2.45, 2.75) is 58.7 Å². The number of aromatic nitrogens is 1. The lowest BCUT2D eigenvalue weighted by molar-refractivity contribution is 0.226. The van der Waals surface area contributed by atoms with E-state index in [-0.39, 0.29) is 5.54 Å². The average Bonchev–Trinajstić information content (AvgIpc) is 3.20. The van der Waals surface area contributed by atoms with Crippen LogP contribution in [0.15, 0.2) is 12.1 Å². The van der Waals surface area contributed by atoms with E-state index in [4.69, 9.17) is 4.74 Å². The zero-order valence-electron chi connectivity index (χ0n) is 14.1. The van der Waals surface area contributed by atoms with Crippen LogP contribution in [0.1, 0.15) is 44.9 Å². The van der Waals surface area contributed by atoms with Gasteiger partial charge in [-0.2, -0.15) is 0 Å². The Morgan fingerprint density at radius 1 is 1.33 bits per heavy atom. The Balaban J connectivity index is 1.80. The highest BCUT2D eigenvalue weighted by molar-refractivity contribution is 5.25. The molecule has 0 bridgehead atoms. The minimum absolute atomic E-state index is 0.120. The number of nitrogens with one attached hydrogen (secondary N) is 1. The Morgan fingerprint density at radius 2 is 2.05 bits per heavy atom. The second-order valence-electron chi connectivity index (χ2n) is 7.06. The molecule has 2 rings (SSSR count). The summed E-state index contributed by atoms with van der Waals surface area (Å²) in [5, 5.41) is 3.49. The lowest BCUT2D eigenvalue weighted by Gasteiger charge is -2.21. The largest absolute Gasteiger partial charge is 0.476 e. The van der Waals surface area contributed by atoms with Gasteiger partial charge in [0, 0.05) is 36.4 Å². The Kier molecular flexibility index (Phi) is 5.22. The molecular weight excluding hydrogens is 262 g/mol. The second-order valence-corrected chi connectivity index (χ2v) is 7.06. The van der Waals surface area contributed by atoms with Gasteiger partial charge in [0.15, 0.2) is 0 Å². The number of rotatable bonds is 7. The van der Waals surface area contributed by atoms with Gasteiger partial charge in [0.25, 0.3) is 0 Å². The molecule has 1 aliphatic rings. The summed E-state index contributed by atoms with van der Waals surface area (Å²) in [5.74, 6) is 0.733. The van der Waals surface area contributed by atoms with Crippen LogP contribution >= 0.6 is 0 Å². The van der Waals surface area contributed by atoms with E-state index in [1.807, 2.05) is 13.0 Å². The van der Waals surface area contributed by atoms with Gasteiger partial charge in [0.2, 0.25) is 5.88 Å². The fraction of sp³-hybridized carbons (Fsp3) is 0.706. The molecule has 4 heteroatoms. The maximum Gasteiger partial charge on any atom is 0.213 e. The predicted molar refractivity (Wildman–Crippen MR) is 86.7 cm³/mol. The Bertz CT molecular complexity index is 464. The van der Waals surface area contributed by atoms with Crippen molar-refractivity contribution in [3.63, 3.8) is 0 Å². The third-order valence-corrected chi connectivity index (χ3v) is 3.84. The number of hydrogen-bond donors (Lipinski definition) is 1. The summed E-state index contributed by atoms with van der Waals surface area (Å²) in [6.45, 7) is 11.1. The highest BCUT2D eigenvalue weighted by Gasteiger charge is 2.25. The maximum atomic E-state index is 5.76. The van der Waals surface area contributed by atoms with Crippen LogP contribution in [-0.2, 0) is 6.54 Å². The molecule has 4 nitrogen and oxygen atoms in total. The third kappa shape index (κ3) is 5.64. The molecule has 1 heterocycles. The molecule has 1 fully saturated rings. The lowest BCUT2D eigenvalue weighted by atomic mass is 10.1. The summed E-state index contributed by atoms with van der Waals surface area (Å²) in [6.07, 6.45) is 2.67. The van der Waals surface area contributed by atoms with E-state index >= 15 is 0 Å². The molecule has 1 saturated carbocycles. The predicted octanol–water partition coefficient (Wildman–Crippen LogP) is 2.75. The topological polar surface area (TPSA) is 37.4 Å². The van der Waals surface area contributed by atoms with Crippen LogP contribution in [0.25, 0.3) is 0 Å². The molecule has 1 aromatic heterocycles. The first-order chi connectivity index (χ1) is 9.85. The molecule has 0 atom stereocenters. The van der Waals surface area contributed by atoms with Gasteiger partial charge in [-0.15, -0.1) is 0 Å². The standard InChI is InChI=1S/C17H29N3O/c1-13-14(12-18-17(2,3)4)6-9-16(19-13)21-11-10-20(5)15-7-8-15/h6,9,15,18H,7-8,10-12H2,1-5H3.